The van der Waals surface area contributed by atoms with E-state index in [9.17, 15) is 14.7 Å². The van der Waals surface area contributed by atoms with Gasteiger partial charge in [0.15, 0.2) is 0 Å². The van der Waals surface area contributed by atoms with Crippen LogP contribution in [0.4, 0.5) is 0 Å². The molecule has 19 heavy (non-hydrogen) atoms. The lowest BCUT2D eigenvalue weighted by atomic mass is 10.1. The first-order valence-corrected chi connectivity index (χ1v) is 7.34. The van der Waals surface area contributed by atoms with E-state index < -0.39 is 12.0 Å². The Morgan fingerprint density at radius 1 is 1.42 bits per heavy atom. The fourth-order valence-corrected chi connectivity index (χ4v) is 3.95. The van der Waals surface area contributed by atoms with Gasteiger partial charge in [0.1, 0.15) is 6.04 Å². The van der Waals surface area contributed by atoms with Crippen LogP contribution in [-0.2, 0) is 17.6 Å². The highest BCUT2D eigenvalue weighted by atomic mass is 32.1. The number of carbonyl (C=O) groups excluding carboxylic acids is 1. The van der Waals surface area contributed by atoms with E-state index in [1.807, 2.05) is 6.07 Å². The number of carbonyl (C=O) groups is 2. The normalized spacial score (nSPS) is 22.3. The largest absolute Gasteiger partial charge is 0.480 e. The zero-order valence-corrected chi connectivity index (χ0v) is 11.3. The van der Waals surface area contributed by atoms with Crippen molar-refractivity contribution in [2.24, 2.45) is 0 Å². The molecule has 3 rings (SSSR count). The minimum absolute atomic E-state index is 0.131. The maximum absolute atomic E-state index is 12.5. The minimum atomic E-state index is -0.940. The van der Waals surface area contributed by atoms with E-state index in [-0.39, 0.29) is 5.91 Å². The van der Waals surface area contributed by atoms with Gasteiger partial charge in [-0.3, -0.25) is 4.79 Å². The monoisotopic (exact) mass is 280 g/mol. The number of nitrogens with one attached hydrogen (secondary N) is 1. The molecule has 1 aliphatic heterocycles. The Morgan fingerprint density at radius 2 is 2.26 bits per heavy atom. The number of carboxylic acid groups (broad SMARTS) is 1. The molecule has 0 radical (unpaired) electrons. The molecule has 1 fully saturated rings. The summed E-state index contributed by atoms with van der Waals surface area (Å²) in [5.74, 6) is -1.07. The number of nitrogens with zero attached hydrogens (tertiary/aromatic N) is 1. The van der Waals surface area contributed by atoms with E-state index in [0.717, 1.165) is 12.8 Å². The number of aliphatic carboxylic acids is 1. The van der Waals surface area contributed by atoms with Crippen molar-refractivity contribution in [1.82, 2.24) is 10.2 Å². The zero-order valence-electron chi connectivity index (χ0n) is 10.5. The summed E-state index contributed by atoms with van der Waals surface area (Å²) in [5, 5.41) is 12.2. The Kier molecular flexibility index (Phi) is 3.28. The van der Waals surface area contributed by atoms with Gasteiger partial charge < -0.3 is 15.3 Å². The molecule has 1 aromatic heterocycles. The lowest BCUT2D eigenvalue weighted by Gasteiger charge is -2.33. The fraction of sp³-hybridized carbons (Fsp3) is 0.538. The first-order valence-electron chi connectivity index (χ1n) is 6.53. The molecule has 1 unspecified atom stereocenters. The van der Waals surface area contributed by atoms with E-state index in [4.69, 9.17) is 0 Å². The molecule has 1 amide bonds. The fourth-order valence-electron chi connectivity index (χ4n) is 2.74. The first kappa shape index (κ1) is 12.6. The second-order valence-corrected chi connectivity index (χ2v) is 6.11. The van der Waals surface area contributed by atoms with Gasteiger partial charge in [0.05, 0.1) is 4.88 Å². The maximum atomic E-state index is 12.5. The van der Waals surface area contributed by atoms with Crippen LogP contribution in [0.25, 0.3) is 0 Å². The molecule has 102 valence electrons. The number of fused-ring (bicyclic) bond motifs is 1. The highest BCUT2D eigenvalue weighted by Gasteiger charge is 2.33. The summed E-state index contributed by atoms with van der Waals surface area (Å²) in [6.07, 6.45) is 3.27. The standard InChI is InChI=1S/C13H16N2O3S/c16-12(11-6-8-2-1-3-10(8)19-11)15-5-4-14-7-9(15)13(17)18/h6,9,14H,1-5,7H2,(H,17,18). The molecule has 1 atom stereocenters. The van der Waals surface area contributed by atoms with Crippen LogP contribution in [0.2, 0.25) is 0 Å². The number of aryl methyl sites for hydroxylation is 2. The summed E-state index contributed by atoms with van der Waals surface area (Å²) < 4.78 is 0. The van der Waals surface area contributed by atoms with Crippen molar-refractivity contribution in [1.29, 1.82) is 0 Å². The van der Waals surface area contributed by atoms with Gasteiger partial charge >= 0.3 is 5.97 Å². The topological polar surface area (TPSA) is 69.6 Å². The number of hydrogen-bond donors (Lipinski definition) is 2. The van der Waals surface area contributed by atoms with Crippen molar-refractivity contribution >= 4 is 23.2 Å². The van der Waals surface area contributed by atoms with Crippen LogP contribution in [0.15, 0.2) is 6.07 Å². The van der Waals surface area contributed by atoms with E-state index >= 15 is 0 Å². The van der Waals surface area contributed by atoms with Crippen LogP contribution in [-0.4, -0.2) is 47.6 Å². The molecule has 1 aliphatic carbocycles. The van der Waals surface area contributed by atoms with E-state index in [0.29, 0.717) is 24.5 Å². The SMILES string of the molecule is O=C(O)C1CNCCN1C(=O)c1cc2c(s1)CCC2. The summed E-state index contributed by atoms with van der Waals surface area (Å²) in [6, 6.07) is 1.20. The number of carboxylic acids is 1. The third-order valence-electron chi connectivity index (χ3n) is 3.75. The third kappa shape index (κ3) is 2.26. The average Bonchev–Trinajstić information content (AvgIpc) is 2.98. The maximum Gasteiger partial charge on any atom is 0.327 e. The van der Waals surface area contributed by atoms with Crippen molar-refractivity contribution in [3.8, 4) is 0 Å². The number of piperazine rings is 1. The van der Waals surface area contributed by atoms with Crippen LogP contribution in [0.1, 0.15) is 26.5 Å². The second kappa shape index (κ2) is 4.94. The lowest BCUT2D eigenvalue weighted by molar-refractivity contribution is -0.142. The minimum Gasteiger partial charge on any atom is -0.480 e. The molecule has 2 N–H and O–H groups in total. The Morgan fingerprint density at radius 3 is 3.00 bits per heavy atom. The molecule has 6 heteroatoms. The van der Waals surface area contributed by atoms with Gasteiger partial charge in [-0.1, -0.05) is 0 Å². The summed E-state index contributed by atoms with van der Waals surface area (Å²) in [6.45, 7) is 1.44. The van der Waals surface area contributed by atoms with Crippen LogP contribution in [0, 0.1) is 0 Å². The quantitative estimate of drug-likeness (QED) is 0.838. The van der Waals surface area contributed by atoms with Gasteiger partial charge in [0, 0.05) is 24.5 Å². The predicted molar refractivity (Wildman–Crippen MR) is 71.7 cm³/mol. The molecule has 1 saturated heterocycles. The summed E-state index contributed by atoms with van der Waals surface area (Å²) >= 11 is 1.53. The molecule has 0 spiro atoms. The predicted octanol–water partition coefficient (Wildman–Crippen LogP) is 0.735. The Hall–Kier alpha value is -1.40. The molecule has 5 nitrogen and oxygen atoms in total. The Balaban J connectivity index is 1.83. The van der Waals surface area contributed by atoms with Crippen LogP contribution in [0.3, 0.4) is 0 Å². The molecule has 2 aliphatic rings. The number of hydrogen-bond acceptors (Lipinski definition) is 4. The molecular weight excluding hydrogens is 264 g/mol. The summed E-state index contributed by atoms with van der Waals surface area (Å²) in [7, 11) is 0. The highest BCUT2D eigenvalue weighted by molar-refractivity contribution is 7.14. The highest BCUT2D eigenvalue weighted by Crippen LogP contribution is 2.31. The van der Waals surface area contributed by atoms with Crippen LogP contribution < -0.4 is 5.32 Å². The van der Waals surface area contributed by atoms with Crippen molar-refractivity contribution in [2.75, 3.05) is 19.6 Å². The van der Waals surface area contributed by atoms with Gasteiger partial charge in [-0.05, 0) is 30.9 Å². The molecule has 0 saturated carbocycles. The lowest BCUT2D eigenvalue weighted by Crippen LogP contribution is -2.56. The first-order chi connectivity index (χ1) is 9.16. The number of thiophene rings is 1. The van der Waals surface area contributed by atoms with Gasteiger partial charge in [0.25, 0.3) is 5.91 Å². The Bertz CT molecular complexity index is 504. The smallest absolute Gasteiger partial charge is 0.327 e. The molecule has 1 aromatic rings. The van der Waals surface area contributed by atoms with Crippen molar-refractivity contribution in [3.63, 3.8) is 0 Å². The van der Waals surface area contributed by atoms with Crippen LogP contribution >= 0.6 is 11.3 Å². The van der Waals surface area contributed by atoms with E-state index in [1.54, 1.807) is 0 Å². The molecule has 0 aromatic carbocycles. The molecule has 0 bridgehead atoms. The van der Waals surface area contributed by atoms with Crippen molar-refractivity contribution in [2.45, 2.75) is 25.3 Å². The zero-order chi connectivity index (χ0) is 13.4. The van der Waals surface area contributed by atoms with Crippen molar-refractivity contribution in [3.05, 3.63) is 21.4 Å². The van der Waals surface area contributed by atoms with E-state index in [1.165, 1.54) is 33.1 Å². The second-order valence-electron chi connectivity index (χ2n) is 4.97. The average molecular weight is 280 g/mol. The number of rotatable bonds is 2. The third-order valence-corrected chi connectivity index (χ3v) is 4.97. The van der Waals surface area contributed by atoms with Gasteiger partial charge in [-0.15, -0.1) is 11.3 Å². The molecular formula is C13H16N2O3S. The van der Waals surface area contributed by atoms with Crippen LogP contribution in [0.5, 0.6) is 0 Å². The summed E-state index contributed by atoms with van der Waals surface area (Å²) in [5.41, 5.74) is 1.27. The Labute approximate surface area is 115 Å². The van der Waals surface area contributed by atoms with Gasteiger partial charge in [-0.25, -0.2) is 4.79 Å². The van der Waals surface area contributed by atoms with E-state index in [2.05, 4.69) is 5.32 Å². The number of amides is 1. The summed E-state index contributed by atoms with van der Waals surface area (Å²) in [4.78, 5) is 27.1. The van der Waals surface area contributed by atoms with Gasteiger partial charge in [0.2, 0.25) is 0 Å². The molecule has 2 heterocycles. The van der Waals surface area contributed by atoms with Gasteiger partial charge in [-0.2, -0.15) is 0 Å². The van der Waals surface area contributed by atoms with Crippen molar-refractivity contribution < 1.29 is 14.7 Å².